The molecule has 2 N–H and O–H groups in total. The van der Waals surface area contributed by atoms with Crippen LogP contribution in [0.4, 0.5) is 0 Å². The van der Waals surface area contributed by atoms with E-state index in [-0.39, 0.29) is 18.1 Å². The smallest absolute Gasteiger partial charge is 0.323 e. The SMILES string of the molecule is O=C(OCc1ccccc1)[C@@H]1CCC(NOCc2ccccc2)CN1. The quantitative estimate of drug-likeness (QED) is 0.599. The predicted molar refractivity (Wildman–Crippen MR) is 95.4 cm³/mol. The summed E-state index contributed by atoms with van der Waals surface area (Å²) in [6.45, 7) is 1.53. The molecule has 1 fully saturated rings. The number of piperidine rings is 1. The average Bonchev–Trinajstić information content (AvgIpc) is 2.68. The number of hydroxylamine groups is 1. The highest BCUT2D eigenvalue weighted by molar-refractivity contribution is 5.75. The van der Waals surface area contributed by atoms with Crippen LogP contribution in [-0.2, 0) is 27.6 Å². The summed E-state index contributed by atoms with van der Waals surface area (Å²) in [5.74, 6) is -0.187. The molecule has 1 aliphatic heterocycles. The van der Waals surface area contributed by atoms with Crippen LogP contribution in [0.5, 0.6) is 0 Å². The number of carbonyl (C=O) groups is 1. The van der Waals surface area contributed by atoms with Crippen molar-refractivity contribution in [2.45, 2.75) is 38.1 Å². The van der Waals surface area contributed by atoms with Gasteiger partial charge in [0.15, 0.2) is 0 Å². The van der Waals surface area contributed by atoms with E-state index >= 15 is 0 Å². The van der Waals surface area contributed by atoms with Crippen LogP contribution in [-0.4, -0.2) is 24.6 Å². The molecule has 1 aliphatic rings. The van der Waals surface area contributed by atoms with E-state index in [0.717, 1.165) is 24.0 Å². The van der Waals surface area contributed by atoms with Crippen molar-refractivity contribution in [3.05, 3.63) is 71.8 Å². The second kappa shape index (κ2) is 9.32. The molecule has 5 nitrogen and oxygen atoms in total. The summed E-state index contributed by atoms with van der Waals surface area (Å²) >= 11 is 0. The minimum atomic E-state index is -0.240. The van der Waals surface area contributed by atoms with E-state index in [1.54, 1.807) is 0 Å². The molecule has 0 amide bonds. The third-order valence-corrected chi connectivity index (χ3v) is 4.25. The van der Waals surface area contributed by atoms with Gasteiger partial charge in [0.1, 0.15) is 12.6 Å². The Kier molecular flexibility index (Phi) is 6.56. The molecule has 1 unspecified atom stereocenters. The molecule has 1 heterocycles. The monoisotopic (exact) mass is 340 g/mol. The maximum atomic E-state index is 12.1. The topological polar surface area (TPSA) is 59.6 Å². The van der Waals surface area contributed by atoms with Crippen molar-refractivity contribution in [1.82, 2.24) is 10.8 Å². The molecule has 0 saturated carbocycles. The Balaban J connectivity index is 1.33. The van der Waals surface area contributed by atoms with E-state index in [1.165, 1.54) is 0 Å². The van der Waals surface area contributed by atoms with Crippen LogP contribution < -0.4 is 10.8 Å². The van der Waals surface area contributed by atoms with E-state index in [0.29, 0.717) is 19.8 Å². The van der Waals surface area contributed by atoms with Crippen molar-refractivity contribution in [3.63, 3.8) is 0 Å². The zero-order valence-electron chi connectivity index (χ0n) is 14.2. The average molecular weight is 340 g/mol. The second-order valence-electron chi connectivity index (χ2n) is 6.22. The molecule has 2 aromatic carbocycles. The fraction of sp³-hybridized carbons (Fsp3) is 0.350. The Bertz CT molecular complexity index is 641. The lowest BCUT2D eigenvalue weighted by Crippen LogP contribution is -2.51. The molecule has 0 aromatic heterocycles. The highest BCUT2D eigenvalue weighted by atomic mass is 16.6. The minimum Gasteiger partial charge on any atom is -0.460 e. The number of hydrogen-bond acceptors (Lipinski definition) is 5. The van der Waals surface area contributed by atoms with Crippen molar-refractivity contribution in [2.24, 2.45) is 0 Å². The van der Waals surface area contributed by atoms with Gasteiger partial charge in [-0.2, -0.15) is 5.48 Å². The second-order valence-corrected chi connectivity index (χ2v) is 6.22. The molecule has 3 rings (SSSR count). The maximum absolute atomic E-state index is 12.1. The van der Waals surface area contributed by atoms with E-state index in [2.05, 4.69) is 10.8 Å². The lowest BCUT2D eigenvalue weighted by atomic mass is 10.0. The molecular weight excluding hydrogens is 316 g/mol. The van der Waals surface area contributed by atoms with E-state index in [4.69, 9.17) is 9.57 Å². The molecule has 5 heteroatoms. The van der Waals surface area contributed by atoms with Gasteiger partial charge < -0.3 is 10.1 Å². The van der Waals surface area contributed by atoms with Gasteiger partial charge in [0, 0.05) is 12.6 Å². The van der Waals surface area contributed by atoms with Gasteiger partial charge in [0.25, 0.3) is 0 Å². The Morgan fingerprint density at radius 2 is 1.60 bits per heavy atom. The van der Waals surface area contributed by atoms with Gasteiger partial charge in [-0.1, -0.05) is 60.7 Å². The lowest BCUT2D eigenvalue weighted by molar-refractivity contribution is -0.148. The maximum Gasteiger partial charge on any atom is 0.323 e. The standard InChI is InChI=1S/C20H24N2O3/c23-20(24-14-16-7-3-1-4-8-16)19-12-11-18(13-21-19)22-25-15-17-9-5-2-6-10-17/h1-10,18-19,21-22H,11-15H2/t18?,19-/m0/s1. The summed E-state index contributed by atoms with van der Waals surface area (Å²) in [7, 11) is 0. The number of rotatable bonds is 7. The Labute approximate surface area is 148 Å². The van der Waals surface area contributed by atoms with Gasteiger partial charge in [-0.05, 0) is 24.0 Å². The normalized spacial score (nSPS) is 20.2. The van der Waals surface area contributed by atoms with Gasteiger partial charge >= 0.3 is 5.97 Å². The Morgan fingerprint density at radius 1 is 0.960 bits per heavy atom. The van der Waals surface area contributed by atoms with Gasteiger partial charge in [0.05, 0.1) is 6.61 Å². The van der Waals surface area contributed by atoms with Crippen LogP contribution in [0.25, 0.3) is 0 Å². The molecule has 25 heavy (non-hydrogen) atoms. The van der Waals surface area contributed by atoms with E-state index < -0.39 is 0 Å². The number of ether oxygens (including phenoxy) is 1. The van der Waals surface area contributed by atoms with E-state index in [9.17, 15) is 4.79 Å². The van der Waals surface area contributed by atoms with Crippen LogP contribution in [0.15, 0.2) is 60.7 Å². The number of nitrogens with one attached hydrogen (secondary N) is 2. The van der Waals surface area contributed by atoms with Crippen molar-refractivity contribution in [2.75, 3.05) is 6.54 Å². The van der Waals surface area contributed by atoms with Gasteiger partial charge in [0.2, 0.25) is 0 Å². The Hall–Kier alpha value is -2.21. The summed E-state index contributed by atoms with van der Waals surface area (Å²) in [6, 6.07) is 19.7. The van der Waals surface area contributed by atoms with Gasteiger partial charge in [-0.15, -0.1) is 0 Å². The summed E-state index contributed by atoms with van der Waals surface area (Å²) in [6.07, 6.45) is 1.60. The van der Waals surface area contributed by atoms with E-state index in [1.807, 2.05) is 60.7 Å². The largest absolute Gasteiger partial charge is 0.460 e. The Morgan fingerprint density at radius 3 is 2.20 bits per heavy atom. The number of carbonyl (C=O) groups excluding carboxylic acids is 1. The van der Waals surface area contributed by atoms with Crippen LogP contribution in [0, 0.1) is 0 Å². The summed E-state index contributed by atoms with van der Waals surface area (Å²) < 4.78 is 5.39. The summed E-state index contributed by atoms with van der Waals surface area (Å²) in [4.78, 5) is 17.7. The number of hydrogen-bond donors (Lipinski definition) is 2. The molecule has 2 aromatic rings. The third kappa shape index (κ3) is 5.67. The molecule has 0 spiro atoms. The van der Waals surface area contributed by atoms with Crippen LogP contribution >= 0.6 is 0 Å². The summed E-state index contributed by atoms with van der Waals surface area (Å²) in [5.41, 5.74) is 5.20. The molecule has 0 radical (unpaired) electrons. The zero-order valence-corrected chi connectivity index (χ0v) is 14.2. The van der Waals surface area contributed by atoms with Gasteiger partial charge in [-0.25, -0.2) is 0 Å². The lowest BCUT2D eigenvalue weighted by Gasteiger charge is -2.28. The molecular formula is C20H24N2O3. The summed E-state index contributed by atoms with van der Waals surface area (Å²) in [5, 5.41) is 3.24. The fourth-order valence-corrected chi connectivity index (χ4v) is 2.80. The predicted octanol–water partition coefficient (Wildman–Crippen LogP) is 2.57. The molecule has 132 valence electrons. The first-order chi connectivity index (χ1) is 12.3. The van der Waals surface area contributed by atoms with Crippen molar-refractivity contribution < 1.29 is 14.4 Å². The first kappa shape index (κ1) is 17.6. The minimum absolute atomic E-state index is 0.187. The number of esters is 1. The molecule has 1 saturated heterocycles. The van der Waals surface area contributed by atoms with Crippen LogP contribution in [0.2, 0.25) is 0 Å². The van der Waals surface area contributed by atoms with Gasteiger partial charge in [-0.3, -0.25) is 9.63 Å². The highest BCUT2D eigenvalue weighted by Crippen LogP contribution is 2.11. The third-order valence-electron chi connectivity index (χ3n) is 4.25. The molecule has 2 atom stereocenters. The highest BCUT2D eigenvalue weighted by Gasteiger charge is 2.26. The molecule has 0 bridgehead atoms. The molecule has 0 aliphatic carbocycles. The van der Waals surface area contributed by atoms with Crippen LogP contribution in [0.3, 0.4) is 0 Å². The zero-order chi connectivity index (χ0) is 17.3. The van der Waals surface area contributed by atoms with Crippen molar-refractivity contribution in [1.29, 1.82) is 0 Å². The number of benzene rings is 2. The van der Waals surface area contributed by atoms with Crippen molar-refractivity contribution >= 4 is 5.97 Å². The fourth-order valence-electron chi connectivity index (χ4n) is 2.80. The first-order valence-corrected chi connectivity index (χ1v) is 8.66. The first-order valence-electron chi connectivity index (χ1n) is 8.66. The van der Waals surface area contributed by atoms with Crippen LogP contribution in [0.1, 0.15) is 24.0 Å². The van der Waals surface area contributed by atoms with Crippen molar-refractivity contribution in [3.8, 4) is 0 Å².